The van der Waals surface area contributed by atoms with Crippen molar-refractivity contribution in [3.8, 4) is 6.07 Å². The molecule has 1 N–H and O–H groups in total. The first-order valence-electron chi connectivity index (χ1n) is 5.70. The maximum absolute atomic E-state index is 8.80. The van der Waals surface area contributed by atoms with E-state index in [1.54, 1.807) is 0 Å². The van der Waals surface area contributed by atoms with Crippen LogP contribution in [0.1, 0.15) is 40.5 Å². The van der Waals surface area contributed by atoms with Crippen molar-refractivity contribution in [1.82, 2.24) is 5.32 Å². The van der Waals surface area contributed by atoms with Crippen LogP contribution in [0.3, 0.4) is 0 Å². The van der Waals surface area contributed by atoms with Gasteiger partial charge in [-0.05, 0) is 26.7 Å². The standard InChI is InChI=1S/C12H24N2O/c1-11(2)14-7-9-15-8-5-6-12(3,4)10-13/h11,14H,5-9H2,1-4H3. The number of hydrogen-bond acceptors (Lipinski definition) is 3. The summed E-state index contributed by atoms with van der Waals surface area (Å²) in [4.78, 5) is 0. The van der Waals surface area contributed by atoms with Crippen molar-refractivity contribution in [2.45, 2.75) is 46.6 Å². The first-order chi connectivity index (χ1) is 6.98. The largest absolute Gasteiger partial charge is 0.380 e. The fraction of sp³-hybridized carbons (Fsp3) is 0.917. The molecule has 0 aromatic rings. The number of ether oxygens (including phenoxy) is 1. The van der Waals surface area contributed by atoms with Crippen molar-refractivity contribution >= 4 is 0 Å². The highest BCUT2D eigenvalue weighted by Crippen LogP contribution is 2.20. The lowest BCUT2D eigenvalue weighted by atomic mass is 9.90. The lowest BCUT2D eigenvalue weighted by Gasteiger charge is -2.14. The molecule has 0 bridgehead atoms. The summed E-state index contributed by atoms with van der Waals surface area (Å²) >= 11 is 0. The minimum absolute atomic E-state index is 0.209. The van der Waals surface area contributed by atoms with Gasteiger partial charge in [-0.2, -0.15) is 5.26 Å². The second-order valence-corrected chi connectivity index (χ2v) is 4.82. The van der Waals surface area contributed by atoms with Crippen LogP contribution < -0.4 is 5.32 Å². The predicted octanol–water partition coefficient (Wildman–Crippen LogP) is 2.33. The van der Waals surface area contributed by atoms with Crippen LogP contribution in [0.5, 0.6) is 0 Å². The van der Waals surface area contributed by atoms with Gasteiger partial charge in [0, 0.05) is 19.2 Å². The quantitative estimate of drug-likeness (QED) is 0.628. The van der Waals surface area contributed by atoms with Gasteiger partial charge in [-0.15, -0.1) is 0 Å². The van der Waals surface area contributed by atoms with E-state index >= 15 is 0 Å². The maximum atomic E-state index is 8.80. The lowest BCUT2D eigenvalue weighted by molar-refractivity contribution is 0.125. The Hall–Kier alpha value is -0.590. The van der Waals surface area contributed by atoms with Gasteiger partial charge in [0.15, 0.2) is 0 Å². The van der Waals surface area contributed by atoms with E-state index in [9.17, 15) is 0 Å². The average Bonchev–Trinajstić information content (AvgIpc) is 2.16. The summed E-state index contributed by atoms with van der Waals surface area (Å²) in [5.41, 5.74) is -0.209. The highest BCUT2D eigenvalue weighted by molar-refractivity contribution is 4.91. The maximum Gasteiger partial charge on any atom is 0.0683 e. The molecular formula is C12H24N2O. The molecule has 0 rings (SSSR count). The average molecular weight is 212 g/mol. The molecule has 0 spiro atoms. The summed E-state index contributed by atoms with van der Waals surface area (Å²) in [6.45, 7) is 10.6. The van der Waals surface area contributed by atoms with Crippen molar-refractivity contribution in [2.75, 3.05) is 19.8 Å². The molecule has 88 valence electrons. The first kappa shape index (κ1) is 14.4. The lowest BCUT2D eigenvalue weighted by Crippen LogP contribution is -2.26. The fourth-order valence-corrected chi connectivity index (χ4v) is 1.19. The van der Waals surface area contributed by atoms with Crippen LogP contribution in [-0.4, -0.2) is 25.8 Å². The molecule has 0 aliphatic rings. The zero-order valence-corrected chi connectivity index (χ0v) is 10.5. The SMILES string of the molecule is CC(C)NCCOCCCC(C)(C)C#N. The van der Waals surface area contributed by atoms with Crippen molar-refractivity contribution < 1.29 is 4.74 Å². The van der Waals surface area contributed by atoms with E-state index in [-0.39, 0.29) is 5.41 Å². The molecule has 0 atom stereocenters. The third-order valence-electron chi connectivity index (χ3n) is 2.19. The molecule has 0 aromatic carbocycles. The normalized spacial score (nSPS) is 11.7. The van der Waals surface area contributed by atoms with Crippen LogP contribution in [0.2, 0.25) is 0 Å². The van der Waals surface area contributed by atoms with Crippen LogP contribution in [0.25, 0.3) is 0 Å². The molecule has 0 aliphatic carbocycles. The number of hydrogen-bond donors (Lipinski definition) is 1. The molecule has 0 unspecified atom stereocenters. The summed E-state index contributed by atoms with van der Waals surface area (Å²) in [5.74, 6) is 0. The highest BCUT2D eigenvalue weighted by atomic mass is 16.5. The van der Waals surface area contributed by atoms with E-state index in [0.29, 0.717) is 6.04 Å². The summed E-state index contributed by atoms with van der Waals surface area (Å²) < 4.78 is 5.45. The van der Waals surface area contributed by atoms with Crippen LogP contribution in [-0.2, 0) is 4.74 Å². The molecule has 0 aromatic heterocycles. The third kappa shape index (κ3) is 9.71. The van der Waals surface area contributed by atoms with Crippen molar-refractivity contribution in [3.05, 3.63) is 0 Å². The minimum atomic E-state index is -0.209. The van der Waals surface area contributed by atoms with E-state index in [0.717, 1.165) is 32.6 Å². The molecule has 0 amide bonds. The summed E-state index contributed by atoms with van der Waals surface area (Å²) in [6.07, 6.45) is 1.86. The summed E-state index contributed by atoms with van der Waals surface area (Å²) in [5, 5.41) is 12.1. The van der Waals surface area contributed by atoms with Crippen molar-refractivity contribution in [3.63, 3.8) is 0 Å². The van der Waals surface area contributed by atoms with Gasteiger partial charge in [0.25, 0.3) is 0 Å². The number of nitriles is 1. The molecule has 3 nitrogen and oxygen atoms in total. The van der Waals surface area contributed by atoms with E-state index in [1.165, 1.54) is 0 Å². The van der Waals surface area contributed by atoms with Crippen LogP contribution in [0.15, 0.2) is 0 Å². The minimum Gasteiger partial charge on any atom is -0.380 e. The van der Waals surface area contributed by atoms with Crippen LogP contribution >= 0.6 is 0 Å². The Kier molecular flexibility index (Phi) is 7.37. The van der Waals surface area contributed by atoms with Gasteiger partial charge < -0.3 is 10.1 Å². The van der Waals surface area contributed by atoms with E-state index in [4.69, 9.17) is 10.00 Å². The Morgan fingerprint density at radius 1 is 1.33 bits per heavy atom. The molecule has 0 heterocycles. The van der Waals surface area contributed by atoms with Gasteiger partial charge in [0.05, 0.1) is 18.1 Å². The van der Waals surface area contributed by atoms with Gasteiger partial charge in [-0.1, -0.05) is 13.8 Å². The van der Waals surface area contributed by atoms with Gasteiger partial charge in [0.1, 0.15) is 0 Å². The van der Waals surface area contributed by atoms with Crippen LogP contribution in [0, 0.1) is 16.7 Å². The number of rotatable bonds is 8. The summed E-state index contributed by atoms with van der Waals surface area (Å²) in [7, 11) is 0. The van der Waals surface area contributed by atoms with Gasteiger partial charge in [-0.3, -0.25) is 0 Å². The topological polar surface area (TPSA) is 45.0 Å². The van der Waals surface area contributed by atoms with E-state index in [1.807, 2.05) is 13.8 Å². The fourth-order valence-electron chi connectivity index (χ4n) is 1.19. The second-order valence-electron chi connectivity index (χ2n) is 4.82. The molecule has 0 aliphatic heterocycles. The summed E-state index contributed by atoms with van der Waals surface area (Å²) in [6, 6.07) is 2.81. The zero-order chi connectivity index (χ0) is 11.7. The van der Waals surface area contributed by atoms with Gasteiger partial charge in [-0.25, -0.2) is 0 Å². The van der Waals surface area contributed by atoms with Gasteiger partial charge >= 0.3 is 0 Å². The molecular weight excluding hydrogens is 188 g/mol. The molecule has 0 saturated heterocycles. The van der Waals surface area contributed by atoms with Crippen molar-refractivity contribution in [2.24, 2.45) is 5.41 Å². The predicted molar refractivity (Wildman–Crippen MR) is 62.6 cm³/mol. The van der Waals surface area contributed by atoms with Crippen LogP contribution in [0.4, 0.5) is 0 Å². The Balaban J connectivity index is 3.23. The second kappa shape index (κ2) is 7.67. The zero-order valence-electron chi connectivity index (χ0n) is 10.5. The Labute approximate surface area is 93.8 Å². The Morgan fingerprint density at radius 2 is 2.00 bits per heavy atom. The first-order valence-corrected chi connectivity index (χ1v) is 5.70. The van der Waals surface area contributed by atoms with Gasteiger partial charge in [0.2, 0.25) is 0 Å². The van der Waals surface area contributed by atoms with Crippen molar-refractivity contribution in [1.29, 1.82) is 5.26 Å². The highest BCUT2D eigenvalue weighted by Gasteiger charge is 2.15. The molecule has 0 radical (unpaired) electrons. The molecule has 3 heteroatoms. The Bertz CT molecular complexity index is 194. The number of nitrogens with one attached hydrogen (secondary N) is 1. The third-order valence-corrected chi connectivity index (χ3v) is 2.19. The smallest absolute Gasteiger partial charge is 0.0683 e. The number of nitrogens with zero attached hydrogens (tertiary/aromatic N) is 1. The Morgan fingerprint density at radius 3 is 2.53 bits per heavy atom. The monoisotopic (exact) mass is 212 g/mol. The molecule has 0 fully saturated rings. The van der Waals surface area contributed by atoms with E-state index in [2.05, 4.69) is 25.2 Å². The molecule has 0 saturated carbocycles. The molecule has 15 heavy (non-hydrogen) atoms. The van der Waals surface area contributed by atoms with E-state index < -0.39 is 0 Å².